The van der Waals surface area contributed by atoms with E-state index in [2.05, 4.69) is 11.9 Å². The van der Waals surface area contributed by atoms with Crippen LogP contribution >= 0.6 is 0 Å². The van der Waals surface area contributed by atoms with Gasteiger partial charge in [0.25, 0.3) is 0 Å². The summed E-state index contributed by atoms with van der Waals surface area (Å²) in [5, 5.41) is 2.92. The monoisotopic (exact) mass is 247 g/mol. The molecule has 0 saturated carbocycles. The number of ketones is 1. The highest BCUT2D eigenvalue weighted by atomic mass is 19.1. The fraction of sp³-hybridized carbons (Fsp3) is 0.154. The van der Waals surface area contributed by atoms with Gasteiger partial charge in [0.05, 0.1) is 5.70 Å². The first-order valence-corrected chi connectivity index (χ1v) is 5.49. The van der Waals surface area contributed by atoms with Crippen molar-refractivity contribution in [1.29, 1.82) is 0 Å². The van der Waals surface area contributed by atoms with Gasteiger partial charge in [-0.15, -0.1) is 0 Å². The molecule has 0 fully saturated rings. The van der Waals surface area contributed by atoms with Crippen LogP contribution in [0.4, 0.5) is 4.39 Å². The Bertz CT molecular complexity index is 563. The lowest BCUT2D eigenvalue weighted by atomic mass is 9.93. The Hall–Kier alpha value is -2.14. The topological polar surface area (TPSA) is 81.1 Å². The quantitative estimate of drug-likeness (QED) is 0.683. The van der Waals surface area contributed by atoms with E-state index in [1.807, 2.05) is 0 Å². The van der Waals surface area contributed by atoms with Gasteiger partial charge in [-0.25, -0.2) is 4.39 Å². The number of hydrogen-bond donors (Lipinski definition) is 3. The normalized spacial score (nSPS) is 14.8. The molecule has 0 saturated heterocycles. The van der Waals surface area contributed by atoms with E-state index >= 15 is 0 Å². The van der Waals surface area contributed by atoms with E-state index in [4.69, 9.17) is 11.5 Å². The van der Waals surface area contributed by atoms with Gasteiger partial charge in [0, 0.05) is 24.2 Å². The summed E-state index contributed by atoms with van der Waals surface area (Å²) in [5.41, 5.74) is 13.4. The third-order valence-electron chi connectivity index (χ3n) is 2.89. The van der Waals surface area contributed by atoms with Crippen molar-refractivity contribution in [3.05, 3.63) is 58.7 Å². The Balaban J connectivity index is 2.08. The summed E-state index contributed by atoms with van der Waals surface area (Å²) in [6, 6.07) is 4.66. The number of hydrogen-bond acceptors (Lipinski definition) is 4. The largest absolute Gasteiger partial charge is 0.396 e. The fourth-order valence-corrected chi connectivity index (χ4v) is 1.74. The Kier molecular flexibility index (Phi) is 3.16. The minimum absolute atomic E-state index is 0.139. The molecule has 94 valence electrons. The fourth-order valence-electron chi connectivity index (χ4n) is 1.74. The Morgan fingerprint density at radius 3 is 2.72 bits per heavy atom. The van der Waals surface area contributed by atoms with Crippen LogP contribution in [0.15, 0.2) is 41.7 Å². The van der Waals surface area contributed by atoms with Gasteiger partial charge >= 0.3 is 0 Å². The van der Waals surface area contributed by atoms with Crippen LogP contribution in [0.1, 0.15) is 11.1 Å². The van der Waals surface area contributed by atoms with E-state index in [0.717, 1.165) is 5.56 Å². The first-order chi connectivity index (χ1) is 8.54. The van der Waals surface area contributed by atoms with E-state index in [-0.39, 0.29) is 18.1 Å². The lowest BCUT2D eigenvalue weighted by Gasteiger charge is -2.22. The minimum Gasteiger partial charge on any atom is -0.396 e. The predicted molar refractivity (Wildman–Crippen MR) is 66.5 cm³/mol. The molecule has 1 aliphatic carbocycles. The van der Waals surface area contributed by atoms with E-state index in [1.54, 1.807) is 12.1 Å². The molecule has 0 unspecified atom stereocenters. The molecule has 0 aromatic heterocycles. The zero-order chi connectivity index (χ0) is 13.3. The molecule has 1 aromatic carbocycles. The number of carbonyl (C=O) groups is 1. The van der Waals surface area contributed by atoms with Crippen LogP contribution in [-0.2, 0) is 17.9 Å². The van der Waals surface area contributed by atoms with Gasteiger partial charge in [-0.1, -0.05) is 12.6 Å². The Morgan fingerprint density at radius 1 is 1.39 bits per heavy atom. The number of rotatable bonds is 4. The molecule has 0 radical (unpaired) electrons. The molecular weight excluding hydrogens is 233 g/mol. The van der Waals surface area contributed by atoms with E-state index in [1.165, 1.54) is 6.07 Å². The van der Waals surface area contributed by atoms with Gasteiger partial charge in [-0.05, 0) is 17.7 Å². The van der Waals surface area contributed by atoms with Crippen molar-refractivity contribution in [2.45, 2.75) is 13.1 Å². The molecule has 18 heavy (non-hydrogen) atoms. The summed E-state index contributed by atoms with van der Waals surface area (Å²) in [6.07, 6.45) is 0. The molecule has 0 heterocycles. The summed E-state index contributed by atoms with van der Waals surface area (Å²) in [4.78, 5) is 11.4. The molecule has 0 aliphatic heterocycles. The molecule has 0 atom stereocenters. The molecule has 2 rings (SSSR count). The molecule has 5 heteroatoms. The standard InChI is InChI=1S/C13H14FN3O/c1-7-11(16)12(13(7)18)17-6-8-2-3-10(14)9(4-8)5-15/h2-4,17H,1,5-6,15-16H2. The smallest absolute Gasteiger partial charge is 0.212 e. The highest BCUT2D eigenvalue weighted by Crippen LogP contribution is 2.22. The Labute approximate surface area is 104 Å². The lowest BCUT2D eigenvalue weighted by Crippen LogP contribution is -2.35. The minimum atomic E-state index is -0.326. The van der Waals surface area contributed by atoms with Crippen molar-refractivity contribution in [2.24, 2.45) is 11.5 Å². The first kappa shape index (κ1) is 12.3. The summed E-state index contributed by atoms with van der Waals surface area (Å²) in [6.45, 7) is 4.06. The maximum Gasteiger partial charge on any atom is 0.212 e. The second-order valence-corrected chi connectivity index (χ2v) is 4.08. The van der Waals surface area contributed by atoms with Crippen molar-refractivity contribution in [2.75, 3.05) is 0 Å². The summed E-state index contributed by atoms with van der Waals surface area (Å²) < 4.78 is 13.2. The zero-order valence-electron chi connectivity index (χ0n) is 9.79. The van der Waals surface area contributed by atoms with Crippen LogP contribution in [0, 0.1) is 5.82 Å². The van der Waals surface area contributed by atoms with Crippen LogP contribution in [-0.4, -0.2) is 5.78 Å². The van der Waals surface area contributed by atoms with Gasteiger partial charge in [0.2, 0.25) is 5.78 Å². The number of halogens is 1. The number of nitrogens with two attached hydrogens (primary N) is 2. The maximum absolute atomic E-state index is 13.2. The van der Waals surface area contributed by atoms with Crippen LogP contribution in [0.3, 0.4) is 0 Å². The number of Topliss-reactive ketones (excluding diaryl/α,β-unsaturated/α-hetero) is 1. The molecule has 0 spiro atoms. The van der Waals surface area contributed by atoms with E-state index < -0.39 is 0 Å². The van der Waals surface area contributed by atoms with Gasteiger partial charge in [0.1, 0.15) is 11.5 Å². The number of benzene rings is 1. The van der Waals surface area contributed by atoms with Crippen LogP contribution in [0.25, 0.3) is 0 Å². The van der Waals surface area contributed by atoms with Crippen LogP contribution in [0.2, 0.25) is 0 Å². The molecule has 1 aliphatic rings. The second-order valence-electron chi connectivity index (χ2n) is 4.08. The zero-order valence-corrected chi connectivity index (χ0v) is 9.79. The highest BCUT2D eigenvalue weighted by Gasteiger charge is 2.29. The van der Waals surface area contributed by atoms with Crippen molar-refractivity contribution >= 4 is 5.78 Å². The number of nitrogens with one attached hydrogen (secondary N) is 1. The maximum atomic E-state index is 13.2. The van der Waals surface area contributed by atoms with Gasteiger partial charge in [-0.2, -0.15) is 0 Å². The van der Waals surface area contributed by atoms with E-state index in [0.29, 0.717) is 29.1 Å². The molecule has 5 N–H and O–H groups in total. The number of carbonyl (C=O) groups excluding carboxylic acids is 1. The van der Waals surface area contributed by atoms with Gasteiger partial charge in [0.15, 0.2) is 0 Å². The third kappa shape index (κ3) is 2.00. The van der Waals surface area contributed by atoms with Gasteiger partial charge < -0.3 is 16.8 Å². The summed E-state index contributed by atoms with van der Waals surface area (Å²) in [5.74, 6) is -0.498. The highest BCUT2D eigenvalue weighted by molar-refractivity contribution is 6.18. The van der Waals surface area contributed by atoms with Gasteiger partial charge in [-0.3, -0.25) is 4.79 Å². The third-order valence-corrected chi connectivity index (χ3v) is 2.89. The van der Waals surface area contributed by atoms with Crippen molar-refractivity contribution in [3.63, 3.8) is 0 Å². The van der Waals surface area contributed by atoms with Crippen LogP contribution < -0.4 is 16.8 Å². The van der Waals surface area contributed by atoms with Crippen molar-refractivity contribution < 1.29 is 9.18 Å². The van der Waals surface area contributed by atoms with Crippen molar-refractivity contribution in [1.82, 2.24) is 5.32 Å². The average Bonchev–Trinajstić information content (AvgIpc) is 2.40. The summed E-state index contributed by atoms with van der Waals surface area (Å²) >= 11 is 0. The van der Waals surface area contributed by atoms with Crippen molar-refractivity contribution in [3.8, 4) is 0 Å². The SMILES string of the molecule is C=C1C(=O)C(NCc2ccc(F)c(CN)c2)=C1N. The molecule has 1 aromatic rings. The number of allylic oxidation sites excluding steroid dienone is 2. The molecule has 0 amide bonds. The lowest BCUT2D eigenvalue weighted by molar-refractivity contribution is -0.113. The second kappa shape index (κ2) is 4.62. The summed E-state index contributed by atoms with van der Waals surface area (Å²) in [7, 11) is 0. The molecule has 0 bridgehead atoms. The van der Waals surface area contributed by atoms with E-state index in [9.17, 15) is 9.18 Å². The molecule has 4 nitrogen and oxygen atoms in total. The Morgan fingerprint density at radius 2 is 2.11 bits per heavy atom. The van der Waals surface area contributed by atoms with Crippen LogP contribution in [0.5, 0.6) is 0 Å². The average molecular weight is 247 g/mol. The predicted octanol–water partition coefficient (Wildman–Crippen LogP) is 0.683. The first-order valence-electron chi connectivity index (χ1n) is 5.49. The molecular formula is C13H14FN3O.